The van der Waals surface area contributed by atoms with Gasteiger partial charge in [0.05, 0.1) is 6.10 Å². The Morgan fingerprint density at radius 3 is 2.07 bits per heavy atom. The number of rotatable bonds is 8. The molecule has 0 rings (SSSR count). The quantitative estimate of drug-likeness (QED) is 0.671. The van der Waals surface area contributed by atoms with Crippen LogP contribution in [0.2, 0.25) is 0 Å². The standard InChI is InChI=1S/C12H28N2O/c1-6-15-12(7-13)9-14(11(4)5)8-10(2)3/h10-12H,6-9,13H2,1-5H3. The summed E-state index contributed by atoms with van der Waals surface area (Å²) in [6.45, 7) is 14.4. The fourth-order valence-electron chi connectivity index (χ4n) is 1.66. The third-order valence-electron chi connectivity index (χ3n) is 2.43. The van der Waals surface area contributed by atoms with Crippen LogP contribution in [0.5, 0.6) is 0 Å². The molecule has 0 aromatic carbocycles. The van der Waals surface area contributed by atoms with Gasteiger partial charge < -0.3 is 10.5 Å². The molecule has 0 fully saturated rings. The van der Waals surface area contributed by atoms with Gasteiger partial charge in [0.15, 0.2) is 0 Å². The molecular weight excluding hydrogens is 188 g/mol. The lowest BCUT2D eigenvalue weighted by atomic mass is 10.1. The minimum atomic E-state index is 0.177. The van der Waals surface area contributed by atoms with E-state index >= 15 is 0 Å². The Labute approximate surface area is 95.0 Å². The Morgan fingerprint density at radius 2 is 1.73 bits per heavy atom. The summed E-state index contributed by atoms with van der Waals surface area (Å²) in [5.74, 6) is 0.687. The lowest BCUT2D eigenvalue weighted by Gasteiger charge is -2.31. The number of hydrogen-bond donors (Lipinski definition) is 1. The fourth-order valence-corrected chi connectivity index (χ4v) is 1.66. The van der Waals surface area contributed by atoms with Gasteiger partial charge in [-0.25, -0.2) is 0 Å². The van der Waals surface area contributed by atoms with Gasteiger partial charge in [-0.3, -0.25) is 4.90 Å². The molecule has 0 radical (unpaired) electrons. The van der Waals surface area contributed by atoms with E-state index in [1.807, 2.05) is 6.92 Å². The smallest absolute Gasteiger partial charge is 0.0823 e. The average molecular weight is 216 g/mol. The summed E-state index contributed by atoms with van der Waals surface area (Å²) < 4.78 is 5.59. The molecule has 0 spiro atoms. The monoisotopic (exact) mass is 216 g/mol. The van der Waals surface area contributed by atoms with Crippen molar-refractivity contribution in [3.05, 3.63) is 0 Å². The van der Waals surface area contributed by atoms with Gasteiger partial charge in [-0.2, -0.15) is 0 Å². The van der Waals surface area contributed by atoms with Crippen LogP contribution in [0.3, 0.4) is 0 Å². The third-order valence-corrected chi connectivity index (χ3v) is 2.43. The Hall–Kier alpha value is -0.120. The zero-order valence-corrected chi connectivity index (χ0v) is 11.0. The first-order chi connectivity index (χ1) is 7.01. The molecule has 0 aromatic rings. The Morgan fingerprint density at radius 1 is 1.13 bits per heavy atom. The van der Waals surface area contributed by atoms with Crippen LogP contribution in [-0.4, -0.2) is 43.3 Å². The van der Waals surface area contributed by atoms with Crippen LogP contribution in [0.4, 0.5) is 0 Å². The van der Waals surface area contributed by atoms with E-state index in [0.717, 1.165) is 19.7 Å². The van der Waals surface area contributed by atoms with Crippen molar-refractivity contribution >= 4 is 0 Å². The molecule has 0 heterocycles. The van der Waals surface area contributed by atoms with Crippen LogP contribution in [0, 0.1) is 5.92 Å². The second-order valence-electron chi connectivity index (χ2n) is 4.75. The van der Waals surface area contributed by atoms with Crippen LogP contribution < -0.4 is 5.73 Å². The van der Waals surface area contributed by atoms with Gasteiger partial charge in [0.25, 0.3) is 0 Å². The second kappa shape index (κ2) is 8.08. The van der Waals surface area contributed by atoms with Crippen molar-refractivity contribution in [2.24, 2.45) is 11.7 Å². The first-order valence-corrected chi connectivity index (χ1v) is 6.06. The van der Waals surface area contributed by atoms with E-state index in [-0.39, 0.29) is 6.10 Å². The maximum atomic E-state index is 5.69. The van der Waals surface area contributed by atoms with Gasteiger partial charge in [-0.15, -0.1) is 0 Å². The van der Waals surface area contributed by atoms with Crippen LogP contribution in [0.1, 0.15) is 34.6 Å². The highest BCUT2D eigenvalue weighted by Gasteiger charge is 2.16. The van der Waals surface area contributed by atoms with E-state index in [4.69, 9.17) is 10.5 Å². The van der Waals surface area contributed by atoms with Crippen molar-refractivity contribution in [2.75, 3.05) is 26.2 Å². The maximum Gasteiger partial charge on any atom is 0.0823 e. The number of nitrogens with zero attached hydrogens (tertiary/aromatic N) is 1. The van der Waals surface area contributed by atoms with Gasteiger partial charge in [-0.1, -0.05) is 13.8 Å². The molecule has 0 saturated heterocycles. The zero-order chi connectivity index (χ0) is 11.8. The lowest BCUT2D eigenvalue weighted by molar-refractivity contribution is 0.0279. The first kappa shape index (κ1) is 14.9. The minimum Gasteiger partial charge on any atom is -0.376 e. The topological polar surface area (TPSA) is 38.5 Å². The number of ether oxygens (including phenoxy) is 1. The predicted octanol–water partition coefficient (Wildman–Crippen LogP) is 1.72. The molecule has 0 aliphatic carbocycles. The van der Waals surface area contributed by atoms with Gasteiger partial charge in [0.2, 0.25) is 0 Å². The zero-order valence-electron chi connectivity index (χ0n) is 11.0. The highest BCUT2D eigenvalue weighted by Crippen LogP contribution is 2.06. The SMILES string of the molecule is CCOC(CN)CN(CC(C)C)C(C)C. The summed E-state index contributed by atoms with van der Waals surface area (Å²) in [5.41, 5.74) is 5.69. The second-order valence-corrected chi connectivity index (χ2v) is 4.75. The molecule has 0 amide bonds. The Bertz CT molecular complexity index is 149. The lowest BCUT2D eigenvalue weighted by Crippen LogP contribution is -2.43. The van der Waals surface area contributed by atoms with Crippen LogP contribution in [0.25, 0.3) is 0 Å². The first-order valence-electron chi connectivity index (χ1n) is 6.06. The number of hydrogen-bond acceptors (Lipinski definition) is 3. The molecule has 2 N–H and O–H groups in total. The van der Waals surface area contributed by atoms with Crippen molar-refractivity contribution in [2.45, 2.75) is 46.8 Å². The summed E-state index contributed by atoms with van der Waals surface area (Å²) in [6.07, 6.45) is 0.177. The summed E-state index contributed by atoms with van der Waals surface area (Å²) in [5, 5.41) is 0. The van der Waals surface area contributed by atoms with Crippen molar-refractivity contribution in [3.63, 3.8) is 0 Å². The van der Waals surface area contributed by atoms with E-state index < -0.39 is 0 Å². The normalized spacial score (nSPS) is 14.2. The third kappa shape index (κ3) is 6.88. The van der Waals surface area contributed by atoms with E-state index in [9.17, 15) is 0 Å². The molecule has 0 saturated carbocycles. The van der Waals surface area contributed by atoms with Crippen LogP contribution in [-0.2, 0) is 4.74 Å². The van der Waals surface area contributed by atoms with Crippen LogP contribution in [0.15, 0.2) is 0 Å². The molecule has 15 heavy (non-hydrogen) atoms. The molecular formula is C12H28N2O. The van der Waals surface area contributed by atoms with Crippen molar-refractivity contribution in [1.29, 1.82) is 0 Å². The summed E-state index contributed by atoms with van der Waals surface area (Å²) in [6, 6.07) is 0.557. The Kier molecular flexibility index (Phi) is 8.02. The molecule has 1 unspecified atom stereocenters. The summed E-state index contributed by atoms with van der Waals surface area (Å²) in [4.78, 5) is 2.44. The van der Waals surface area contributed by atoms with Crippen molar-refractivity contribution in [1.82, 2.24) is 4.90 Å². The number of nitrogens with two attached hydrogens (primary N) is 1. The molecule has 92 valence electrons. The molecule has 0 bridgehead atoms. The van der Waals surface area contributed by atoms with Gasteiger partial charge in [0.1, 0.15) is 0 Å². The van der Waals surface area contributed by atoms with Crippen molar-refractivity contribution in [3.8, 4) is 0 Å². The molecule has 0 aliphatic heterocycles. The summed E-state index contributed by atoms with van der Waals surface area (Å²) in [7, 11) is 0. The molecule has 3 nitrogen and oxygen atoms in total. The highest BCUT2D eigenvalue weighted by atomic mass is 16.5. The van der Waals surface area contributed by atoms with Crippen LogP contribution >= 0.6 is 0 Å². The van der Waals surface area contributed by atoms with Gasteiger partial charge >= 0.3 is 0 Å². The van der Waals surface area contributed by atoms with Gasteiger partial charge in [-0.05, 0) is 26.7 Å². The maximum absolute atomic E-state index is 5.69. The minimum absolute atomic E-state index is 0.177. The molecule has 0 aliphatic rings. The predicted molar refractivity (Wildman–Crippen MR) is 66.0 cm³/mol. The van der Waals surface area contributed by atoms with E-state index in [0.29, 0.717) is 18.5 Å². The van der Waals surface area contributed by atoms with E-state index in [1.165, 1.54) is 0 Å². The Balaban J connectivity index is 4.12. The largest absolute Gasteiger partial charge is 0.376 e. The van der Waals surface area contributed by atoms with E-state index in [2.05, 4.69) is 32.6 Å². The molecule has 0 aromatic heterocycles. The molecule has 3 heteroatoms. The average Bonchev–Trinajstić information content (AvgIpc) is 2.14. The summed E-state index contributed by atoms with van der Waals surface area (Å²) >= 11 is 0. The molecule has 1 atom stereocenters. The fraction of sp³-hybridized carbons (Fsp3) is 1.00. The van der Waals surface area contributed by atoms with Gasteiger partial charge in [0, 0.05) is 32.3 Å². The van der Waals surface area contributed by atoms with E-state index in [1.54, 1.807) is 0 Å². The van der Waals surface area contributed by atoms with Crippen molar-refractivity contribution < 1.29 is 4.74 Å². The highest BCUT2D eigenvalue weighted by molar-refractivity contribution is 4.71.